The van der Waals surface area contributed by atoms with Crippen LogP contribution in [0.2, 0.25) is 0 Å². The van der Waals surface area contributed by atoms with Gasteiger partial charge in [0.25, 0.3) is 0 Å². The molecule has 1 N–H and O–H groups in total. The van der Waals surface area contributed by atoms with Crippen LogP contribution in [-0.2, 0) is 9.53 Å². The van der Waals surface area contributed by atoms with Gasteiger partial charge in [-0.15, -0.1) is 24.0 Å². The van der Waals surface area contributed by atoms with Crippen LogP contribution in [0.25, 0.3) is 0 Å². The van der Waals surface area contributed by atoms with Gasteiger partial charge < -0.3 is 19.9 Å². The quantitative estimate of drug-likeness (QED) is 0.328. The van der Waals surface area contributed by atoms with Crippen LogP contribution >= 0.6 is 24.0 Å². The second-order valence-electron chi connectivity index (χ2n) is 5.25. The van der Waals surface area contributed by atoms with E-state index in [1.54, 1.807) is 19.2 Å². The van der Waals surface area contributed by atoms with Gasteiger partial charge in [0.2, 0.25) is 0 Å². The summed E-state index contributed by atoms with van der Waals surface area (Å²) in [4.78, 5) is 19.8. The second kappa shape index (κ2) is 10.3. The molecule has 6 nitrogen and oxygen atoms in total. The molecule has 1 aromatic carbocycles. The maximum absolute atomic E-state index is 13.0. The smallest absolute Gasteiger partial charge is 0.307 e. The summed E-state index contributed by atoms with van der Waals surface area (Å²) in [5, 5.41) is 3.17. The van der Waals surface area contributed by atoms with E-state index in [0.29, 0.717) is 13.0 Å². The van der Waals surface area contributed by atoms with Gasteiger partial charge in [0.05, 0.1) is 13.5 Å². The van der Waals surface area contributed by atoms with E-state index in [0.717, 1.165) is 37.8 Å². The standard InChI is InChI=1S/C16H23FN4O2.HI/c1-18-16(19-8-7-15(22)23-2)21-11-9-20(10-12-21)14-5-3-13(17)4-6-14;/h3-6H,7-12H2,1-2H3,(H,18,19);1H. The lowest BCUT2D eigenvalue weighted by molar-refractivity contribution is -0.140. The van der Waals surface area contributed by atoms with Crippen molar-refractivity contribution in [1.82, 2.24) is 10.2 Å². The first-order valence-corrected chi connectivity index (χ1v) is 7.67. The molecule has 0 bridgehead atoms. The highest BCUT2D eigenvalue weighted by molar-refractivity contribution is 14.0. The fourth-order valence-electron chi connectivity index (χ4n) is 2.54. The Morgan fingerprint density at radius 3 is 2.42 bits per heavy atom. The van der Waals surface area contributed by atoms with E-state index in [2.05, 4.69) is 24.8 Å². The highest BCUT2D eigenvalue weighted by Crippen LogP contribution is 2.16. The Labute approximate surface area is 159 Å². The number of carbonyl (C=O) groups excluding carboxylic acids is 1. The number of piperazine rings is 1. The molecule has 2 rings (SSSR count). The monoisotopic (exact) mass is 450 g/mol. The normalized spacial score (nSPS) is 14.9. The summed E-state index contributed by atoms with van der Waals surface area (Å²) >= 11 is 0. The van der Waals surface area contributed by atoms with E-state index in [1.807, 2.05) is 0 Å². The fourth-order valence-corrected chi connectivity index (χ4v) is 2.54. The van der Waals surface area contributed by atoms with Crippen LogP contribution < -0.4 is 10.2 Å². The van der Waals surface area contributed by atoms with Crippen LogP contribution in [0.5, 0.6) is 0 Å². The third kappa shape index (κ3) is 5.81. The number of esters is 1. The minimum atomic E-state index is -0.242. The van der Waals surface area contributed by atoms with Crippen molar-refractivity contribution in [3.63, 3.8) is 0 Å². The number of guanidine groups is 1. The number of anilines is 1. The third-order valence-corrected chi connectivity index (χ3v) is 3.82. The Balaban J connectivity index is 0.00000288. The van der Waals surface area contributed by atoms with Crippen molar-refractivity contribution in [2.45, 2.75) is 6.42 Å². The van der Waals surface area contributed by atoms with E-state index >= 15 is 0 Å². The molecular formula is C16H24FIN4O2. The van der Waals surface area contributed by atoms with E-state index in [4.69, 9.17) is 0 Å². The molecule has 1 saturated heterocycles. The number of nitrogens with zero attached hydrogens (tertiary/aromatic N) is 3. The molecule has 134 valence electrons. The van der Waals surface area contributed by atoms with Gasteiger partial charge in [-0.25, -0.2) is 4.39 Å². The van der Waals surface area contributed by atoms with Crippen molar-refractivity contribution in [1.29, 1.82) is 0 Å². The Kier molecular flexibility index (Phi) is 8.80. The molecule has 0 unspecified atom stereocenters. The van der Waals surface area contributed by atoms with Gasteiger partial charge in [0.15, 0.2) is 5.96 Å². The lowest BCUT2D eigenvalue weighted by Crippen LogP contribution is -2.52. The van der Waals surface area contributed by atoms with E-state index < -0.39 is 0 Å². The zero-order valence-electron chi connectivity index (χ0n) is 14.0. The van der Waals surface area contributed by atoms with Gasteiger partial charge in [0.1, 0.15) is 5.82 Å². The van der Waals surface area contributed by atoms with Crippen LogP contribution in [0.1, 0.15) is 6.42 Å². The summed E-state index contributed by atoms with van der Waals surface area (Å²) in [5.74, 6) is 0.323. The maximum atomic E-state index is 13.0. The number of rotatable bonds is 4. The summed E-state index contributed by atoms with van der Waals surface area (Å²) in [6, 6.07) is 6.56. The van der Waals surface area contributed by atoms with Crippen LogP contribution in [-0.4, -0.2) is 63.7 Å². The molecule has 1 fully saturated rings. The van der Waals surface area contributed by atoms with Gasteiger partial charge in [-0.2, -0.15) is 0 Å². The predicted molar refractivity (Wildman–Crippen MR) is 104 cm³/mol. The topological polar surface area (TPSA) is 57.2 Å². The van der Waals surface area contributed by atoms with Crippen molar-refractivity contribution in [3.05, 3.63) is 30.1 Å². The summed E-state index contributed by atoms with van der Waals surface area (Å²) in [7, 11) is 3.11. The summed E-state index contributed by atoms with van der Waals surface area (Å²) in [6.45, 7) is 3.80. The molecule has 1 heterocycles. The largest absolute Gasteiger partial charge is 0.469 e. The van der Waals surface area contributed by atoms with E-state index in [1.165, 1.54) is 19.2 Å². The minimum Gasteiger partial charge on any atom is -0.469 e. The maximum Gasteiger partial charge on any atom is 0.307 e. The minimum absolute atomic E-state index is 0. The predicted octanol–water partition coefficient (Wildman–Crippen LogP) is 1.70. The van der Waals surface area contributed by atoms with Crippen LogP contribution in [0.15, 0.2) is 29.3 Å². The number of hydrogen-bond acceptors (Lipinski definition) is 4. The van der Waals surface area contributed by atoms with Gasteiger partial charge >= 0.3 is 5.97 Å². The first-order chi connectivity index (χ1) is 11.1. The van der Waals surface area contributed by atoms with Crippen LogP contribution in [0.4, 0.5) is 10.1 Å². The average molecular weight is 450 g/mol. The number of methoxy groups -OCH3 is 1. The summed E-state index contributed by atoms with van der Waals surface area (Å²) in [6.07, 6.45) is 0.311. The first-order valence-electron chi connectivity index (χ1n) is 7.67. The Hall–Kier alpha value is -1.58. The number of benzene rings is 1. The molecule has 1 aromatic rings. The van der Waals surface area contributed by atoms with Gasteiger partial charge in [-0.3, -0.25) is 9.79 Å². The summed E-state index contributed by atoms with van der Waals surface area (Å²) < 4.78 is 17.6. The number of hydrogen-bond donors (Lipinski definition) is 1. The average Bonchev–Trinajstić information content (AvgIpc) is 2.59. The number of halogens is 2. The molecule has 0 saturated carbocycles. The number of nitrogens with one attached hydrogen (secondary N) is 1. The van der Waals surface area contributed by atoms with Crippen LogP contribution in [0.3, 0.4) is 0 Å². The van der Waals surface area contributed by atoms with E-state index in [-0.39, 0.29) is 35.8 Å². The van der Waals surface area contributed by atoms with Crippen molar-refractivity contribution in [2.75, 3.05) is 51.8 Å². The molecule has 24 heavy (non-hydrogen) atoms. The lowest BCUT2D eigenvalue weighted by atomic mass is 10.2. The fraction of sp³-hybridized carbons (Fsp3) is 0.500. The zero-order chi connectivity index (χ0) is 16.7. The molecule has 1 aliphatic rings. The summed E-state index contributed by atoms with van der Waals surface area (Å²) in [5.41, 5.74) is 1.03. The molecular weight excluding hydrogens is 426 g/mol. The number of carbonyl (C=O) groups is 1. The zero-order valence-corrected chi connectivity index (χ0v) is 16.3. The Bertz CT molecular complexity index is 546. The van der Waals surface area contributed by atoms with Crippen molar-refractivity contribution < 1.29 is 13.9 Å². The van der Waals surface area contributed by atoms with Crippen molar-refractivity contribution in [2.24, 2.45) is 4.99 Å². The first kappa shape index (κ1) is 20.5. The molecule has 0 amide bonds. The number of ether oxygens (including phenoxy) is 1. The highest BCUT2D eigenvalue weighted by Gasteiger charge is 2.19. The molecule has 0 spiro atoms. The van der Waals surface area contributed by atoms with Crippen molar-refractivity contribution >= 4 is 41.6 Å². The molecule has 0 atom stereocenters. The van der Waals surface area contributed by atoms with Gasteiger partial charge in [-0.1, -0.05) is 0 Å². The lowest BCUT2D eigenvalue weighted by Gasteiger charge is -2.37. The Morgan fingerprint density at radius 2 is 1.88 bits per heavy atom. The molecule has 8 heteroatoms. The van der Waals surface area contributed by atoms with Gasteiger partial charge in [-0.05, 0) is 24.3 Å². The molecule has 0 radical (unpaired) electrons. The van der Waals surface area contributed by atoms with Crippen molar-refractivity contribution in [3.8, 4) is 0 Å². The van der Waals surface area contributed by atoms with Gasteiger partial charge in [0, 0.05) is 45.5 Å². The third-order valence-electron chi connectivity index (χ3n) is 3.82. The molecule has 0 aliphatic carbocycles. The second-order valence-corrected chi connectivity index (χ2v) is 5.25. The molecule has 0 aromatic heterocycles. The SMILES string of the molecule is CN=C(NCCC(=O)OC)N1CCN(c2ccc(F)cc2)CC1.I. The van der Waals surface area contributed by atoms with E-state index in [9.17, 15) is 9.18 Å². The number of aliphatic imine (C=N–C) groups is 1. The Morgan fingerprint density at radius 1 is 1.25 bits per heavy atom. The highest BCUT2D eigenvalue weighted by atomic mass is 127. The van der Waals surface area contributed by atoms with Crippen LogP contribution in [0, 0.1) is 5.82 Å². The molecule has 1 aliphatic heterocycles.